The summed E-state index contributed by atoms with van der Waals surface area (Å²) in [6, 6.07) is 7.61. The monoisotopic (exact) mass is 459 g/mol. The van der Waals surface area contributed by atoms with Gasteiger partial charge in [-0.25, -0.2) is 4.39 Å². The van der Waals surface area contributed by atoms with E-state index in [0.717, 1.165) is 31.1 Å². The van der Waals surface area contributed by atoms with Crippen molar-refractivity contribution in [1.29, 1.82) is 0 Å². The highest BCUT2D eigenvalue weighted by Gasteiger charge is 2.51. The van der Waals surface area contributed by atoms with Crippen LogP contribution in [0, 0.1) is 29.5 Å². The Labute approximate surface area is 203 Å². The number of methoxy groups -OCH3 is 1. The highest BCUT2D eigenvalue weighted by atomic mass is 19.1. The van der Waals surface area contributed by atoms with Crippen LogP contribution in [0.5, 0.6) is 0 Å². The minimum atomic E-state index is -0.0896. The van der Waals surface area contributed by atoms with Crippen molar-refractivity contribution in [3.8, 4) is 0 Å². The van der Waals surface area contributed by atoms with E-state index in [-0.39, 0.29) is 11.2 Å². The van der Waals surface area contributed by atoms with Gasteiger partial charge < -0.3 is 9.64 Å². The van der Waals surface area contributed by atoms with E-state index in [0.29, 0.717) is 17.9 Å². The number of hydrogen-bond donors (Lipinski definition) is 0. The standard InChI is InChI=1S/C30H50FNO/c1-6-17-30(26-11-9-12-27(31)21-26,28-13-10-14-29(28)33-5)25-15-18-32(19-16-25)22-24(8-3)20-23(4)7-2/h9,11-12,21,23-25,28-29H,6-8,10,13-20,22H2,1-5H3/t23?,24?,28?,29-,30-/m0/s1. The number of nitrogens with zero attached hydrogens (tertiary/aromatic N) is 1. The zero-order valence-electron chi connectivity index (χ0n) is 22.1. The van der Waals surface area contributed by atoms with E-state index in [2.05, 4.69) is 38.7 Å². The van der Waals surface area contributed by atoms with Gasteiger partial charge in [0.1, 0.15) is 5.82 Å². The number of benzene rings is 1. The normalized spacial score (nSPS) is 26.2. The summed E-state index contributed by atoms with van der Waals surface area (Å²) in [4.78, 5) is 2.73. The first-order chi connectivity index (χ1) is 16.0. The van der Waals surface area contributed by atoms with Crippen LogP contribution in [-0.2, 0) is 10.2 Å². The lowest BCUT2D eigenvalue weighted by molar-refractivity contribution is -0.00573. The zero-order valence-corrected chi connectivity index (χ0v) is 22.1. The van der Waals surface area contributed by atoms with Crippen molar-refractivity contribution in [2.24, 2.45) is 23.7 Å². The molecule has 3 unspecified atom stereocenters. The summed E-state index contributed by atoms with van der Waals surface area (Å²) in [6.07, 6.45) is 12.5. The molecule has 1 aromatic rings. The topological polar surface area (TPSA) is 12.5 Å². The third-order valence-corrected chi connectivity index (χ3v) is 9.29. The Morgan fingerprint density at radius 3 is 2.45 bits per heavy atom. The minimum Gasteiger partial charge on any atom is -0.381 e. The Balaban J connectivity index is 1.82. The van der Waals surface area contributed by atoms with Crippen molar-refractivity contribution in [3.05, 3.63) is 35.6 Å². The van der Waals surface area contributed by atoms with E-state index in [4.69, 9.17) is 4.74 Å². The number of rotatable bonds is 12. The molecule has 0 bridgehead atoms. The lowest BCUT2D eigenvalue weighted by Gasteiger charge is -2.51. The second kappa shape index (κ2) is 12.7. The SMILES string of the molecule is CCC[C@@](c1cccc(F)c1)(C1CCN(CC(CC)CC(C)CC)CC1)C1CCC[C@@H]1OC. The Hall–Kier alpha value is -0.930. The van der Waals surface area contributed by atoms with Gasteiger partial charge in [0, 0.05) is 19.1 Å². The van der Waals surface area contributed by atoms with Gasteiger partial charge >= 0.3 is 0 Å². The van der Waals surface area contributed by atoms with Gasteiger partial charge in [0.2, 0.25) is 0 Å². The molecule has 1 saturated carbocycles. The van der Waals surface area contributed by atoms with E-state index in [1.807, 2.05) is 19.2 Å². The molecule has 0 N–H and O–H groups in total. The summed E-state index contributed by atoms with van der Waals surface area (Å²) >= 11 is 0. The molecule has 2 aliphatic rings. The molecule has 3 rings (SSSR count). The largest absolute Gasteiger partial charge is 0.381 e. The van der Waals surface area contributed by atoms with Gasteiger partial charge in [-0.15, -0.1) is 0 Å². The molecule has 0 aromatic heterocycles. The molecule has 33 heavy (non-hydrogen) atoms. The summed E-state index contributed by atoms with van der Waals surface area (Å²) in [5, 5.41) is 0. The first-order valence-corrected chi connectivity index (χ1v) is 14.0. The Morgan fingerprint density at radius 1 is 1.09 bits per heavy atom. The fourth-order valence-electron chi connectivity index (χ4n) is 7.38. The van der Waals surface area contributed by atoms with Crippen molar-refractivity contribution in [1.82, 2.24) is 4.90 Å². The first-order valence-electron chi connectivity index (χ1n) is 14.0. The molecule has 188 valence electrons. The molecular formula is C30H50FNO. The van der Waals surface area contributed by atoms with Crippen LogP contribution in [0.3, 0.4) is 0 Å². The summed E-state index contributed by atoms with van der Waals surface area (Å²) in [7, 11) is 1.88. The molecule has 1 saturated heterocycles. The van der Waals surface area contributed by atoms with E-state index in [9.17, 15) is 4.39 Å². The van der Waals surface area contributed by atoms with E-state index in [1.165, 1.54) is 70.1 Å². The molecule has 0 amide bonds. The fourth-order valence-corrected chi connectivity index (χ4v) is 7.38. The molecule has 1 heterocycles. The molecule has 2 fully saturated rings. The molecule has 2 nitrogen and oxygen atoms in total. The Bertz CT molecular complexity index is 700. The van der Waals surface area contributed by atoms with Crippen LogP contribution in [0.2, 0.25) is 0 Å². The van der Waals surface area contributed by atoms with Crippen molar-refractivity contribution in [2.75, 3.05) is 26.7 Å². The summed E-state index contributed by atoms with van der Waals surface area (Å²) in [5.41, 5.74) is 1.26. The van der Waals surface area contributed by atoms with E-state index < -0.39 is 0 Å². The van der Waals surface area contributed by atoms with Crippen molar-refractivity contribution >= 4 is 0 Å². The molecule has 0 radical (unpaired) electrons. The van der Waals surface area contributed by atoms with Crippen LogP contribution in [0.15, 0.2) is 24.3 Å². The second-order valence-electron chi connectivity index (χ2n) is 11.2. The number of ether oxygens (including phenoxy) is 1. The fraction of sp³-hybridized carbons (Fsp3) is 0.800. The quantitative estimate of drug-likeness (QED) is 0.315. The Morgan fingerprint density at radius 2 is 1.85 bits per heavy atom. The lowest BCUT2D eigenvalue weighted by Crippen LogP contribution is -2.50. The maximum Gasteiger partial charge on any atom is 0.123 e. The highest BCUT2D eigenvalue weighted by Crippen LogP contribution is 2.53. The van der Waals surface area contributed by atoms with Gasteiger partial charge in [0.15, 0.2) is 0 Å². The van der Waals surface area contributed by atoms with Crippen molar-refractivity contribution in [3.63, 3.8) is 0 Å². The maximum absolute atomic E-state index is 14.5. The average molecular weight is 460 g/mol. The molecule has 5 atom stereocenters. The van der Waals surface area contributed by atoms with Crippen molar-refractivity contribution < 1.29 is 9.13 Å². The third-order valence-electron chi connectivity index (χ3n) is 9.29. The lowest BCUT2D eigenvalue weighted by atomic mass is 9.56. The predicted molar refractivity (Wildman–Crippen MR) is 138 cm³/mol. The van der Waals surface area contributed by atoms with Crippen LogP contribution < -0.4 is 0 Å². The smallest absolute Gasteiger partial charge is 0.123 e. The second-order valence-corrected chi connectivity index (χ2v) is 11.2. The van der Waals surface area contributed by atoms with Gasteiger partial charge in [0.25, 0.3) is 0 Å². The zero-order chi connectivity index (χ0) is 23.8. The van der Waals surface area contributed by atoms with Crippen LogP contribution in [0.1, 0.15) is 97.5 Å². The van der Waals surface area contributed by atoms with Crippen LogP contribution >= 0.6 is 0 Å². The van der Waals surface area contributed by atoms with Crippen molar-refractivity contribution in [2.45, 2.75) is 103 Å². The summed E-state index contributed by atoms with van der Waals surface area (Å²) in [6.45, 7) is 13.0. The van der Waals surface area contributed by atoms with Crippen LogP contribution in [0.4, 0.5) is 4.39 Å². The van der Waals surface area contributed by atoms with Gasteiger partial charge in [-0.05, 0) is 93.0 Å². The first kappa shape index (κ1) is 26.7. The predicted octanol–water partition coefficient (Wildman–Crippen LogP) is 7.85. The van der Waals surface area contributed by atoms with Gasteiger partial charge in [-0.3, -0.25) is 0 Å². The van der Waals surface area contributed by atoms with E-state index in [1.54, 1.807) is 6.07 Å². The molecule has 1 aliphatic heterocycles. The highest BCUT2D eigenvalue weighted by molar-refractivity contribution is 5.30. The van der Waals surface area contributed by atoms with Gasteiger partial charge in [-0.1, -0.05) is 65.5 Å². The Kier molecular flexibility index (Phi) is 10.2. The summed E-state index contributed by atoms with van der Waals surface area (Å²) in [5.74, 6) is 2.65. The molecule has 1 aliphatic carbocycles. The van der Waals surface area contributed by atoms with Crippen LogP contribution in [-0.4, -0.2) is 37.7 Å². The molecular weight excluding hydrogens is 409 g/mol. The minimum absolute atomic E-state index is 0.0288. The summed E-state index contributed by atoms with van der Waals surface area (Å²) < 4.78 is 20.6. The number of piperidine rings is 1. The van der Waals surface area contributed by atoms with E-state index >= 15 is 0 Å². The van der Waals surface area contributed by atoms with Crippen LogP contribution in [0.25, 0.3) is 0 Å². The van der Waals surface area contributed by atoms with Gasteiger partial charge in [0.05, 0.1) is 6.10 Å². The molecule has 3 heteroatoms. The molecule has 1 aromatic carbocycles. The molecule has 0 spiro atoms. The third kappa shape index (κ3) is 6.20. The number of likely N-dealkylation sites (tertiary alicyclic amines) is 1. The maximum atomic E-state index is 14.5. The number of halogens is 1. The van der Waals surface area contributed by atoms with Gasteiger partial charge in [-0.2, -0.15) is 0 Å². The average Bonchev–Trinajstić information content (AvgIpc) is 3.31. The number of hydrogen-bond acceptors (Lipinski definition) is 2.